The average molecular weight is 243 g/mol. The van der Waals surface area contributed by atoms with E-state index in [-0.39, 0.29) is 12.4 Å². The summed E-state index contributed by atoms with van der Waals surface area (Å²) in [4.78, 5) is 0. The maximum atomic E-state index is 5.85. The van der Waals surface area contributed by atoms with Crippen molar-refractivity contribution in [3.05, 3.63) is 17.8 Å². The zero-order valence-electron chi connectivity index (χ0n) is 9.52. The van der Waals surface area contributed by atoms with Gasteiger partial charge in [0.05, 0.1) is 5.69 Å². The summed E-state index contributed by atoms with van der Waals surface area (Å²) in [6.45, 7) is 1.94. The molecule has 0 saturated heterocycles. The second-order valence-corrected chi connectivity index (χ2v) is 4.32. The molecule has 2 rings (SSSR count). The smallest absolute Gasteiger partial charge is 0.148 e. The maximum Gasteiger partial charge on any atom is 0.148 e. The van der Waals surface area contributed by atoms with Gasteiger partial charge in [-0.05, 0) is 44.7 Å². The van der Waals surface area contributed by atoms with Gasteiger partial charge in [0, 0.05) is 12.1 Å². The molecule has 4 nitrogen and oxygen atoms in total. The summed E-state index contributed by atoms with van der Waals surface area (Å²) in [6, 6.07) is 4.87. The lowest BCUT2D eigenvalue weighted by Gasteiger charge is -2.26. The van der Waals surface area contributed by atoms with E-state index in [0.29, 0.717) is 12.1 Å². The molecule has 0 aromatic carbocycles. The molecule has 0 amide bonds. The van der Waals surface area contributed by atoms with Crippen LogP contribution in [0.3, 0.4) is 0 Å². The van der Waals surface area contributed by atoms with Crippen LogP contribution in [0.4, 0.5) is 5.82 Å². The number of hydrogen-bond donors (Lipinski definition) is 2. The lowest BCUT2D eigenvalue weighted by Crippen LogP contribution is -2.33. The Morgan fingerprint density at radius 1 is 1.19 bits per heavy atom. The summed E-state index contributed by atoms with van der Waals surface area (Å²) >= 11 is 0. The van der Waals surface area contributed by atoms with Gasteiger partial charge < -0.3 is 11.1 Å². The number of rotatable bonds is 2. The first kappa shape index (κ1) is 13.2. The van der Waals surface area contributed by atoms with E-state index in [9.17, 15) is 0 Å². The summed E-state index contributed by atoms with van der Waals surface area (Å²) < 4.78 is 0. The molecule has 1 fully saturated rings. The Bertz CT molecular complexity index is 306. The Balaban J connectivity index is 0.00000128. The third kappa shape index (κ3) is 3.61. The Morgan fingerprint density at radius 2 is 1.88 bits per heavy atom. The van der Waals surface area contributed by atoms with Crippen LogP contribution >= 0.6 is 12.4 Å². The summed E-state index contributed by atoms with van der Waals surface area (Å²) in [5, 5.41) is 11.5. The number of anilines is 1. The molecule has 0 aliphatic heterocycles. The van der Waals surface area contributed by atoms with E-state index in [1.807, 2.05) is 19.1 Å². The van der Waals surface area contributed by atoms with Crippen LogP contribution in [0.1, 0.15) is 31.4 Å². The SMILES string of the molecule is Cc1ccc(NC2CCC(N)CC2)nn1.Cl. The highest BCUT2D eigenvalue weighted by Gasteiger charge is 2.18. The zero-order valence-corrected chi connectivity index (χ0v) is 10.3. The molecular formula is C11H19ClN4. The number of hydrogen-bond acceptors (Lipinski definition) is 4. The quantitative estimate of drug-likeness (QED) is 0.831. The van der Waals surface area contributed by atoms with Crippen LogP contribution in [-0.2, 0) is 0 Å². The standard InChI is InChI=1S/C11H18N4.ClH/c1-8-2-7-11(15-14-8)13-10-5-3-9(12)4-6-10;/h2,7,9-10H,3-6,12H2,1H3,(H,13,15);1H. The van der Waals surface area contributed by atoms with Gasteiger partial charge in [-0.2, -0.15) is 5.10 Å². The van der Waals surface area contributed by atoms with E-state index in [4.69, 9.17) is 5.73 Å². The minimum atomic E-state index is 0. The Hall–Kier alpha value is -0.870. The monoisotopic (exact) mass is 242 g/mol. The highest BCUT2D eigenvalue weighted by atomic mass is 35.5. The highest BCUT2D eigenvalue weighted by molar-refractivity contribution is 5.85. The molecule has 0 spiro atoms. The zero-order chi connectivity index (χ0) is 10.7. The molecule has 1 aromatic heterocycles. The molecule has 0 unspecified atom stereocenters. The average Bonchev–Trinajstić information content (AvgIpc) is 2.25. The lowest BCUT2D eigenvalue weighted by molar-refractivity contribution is 0.410. The van der Waals surface area contributed by atoms with Crippen molar-refractivity contribution in [3.8, 4) is 0 Å². The number of nitrogens with zero attached hydrogens (tertiary/aromatic N) is 2. The lowest BCUT2D eigenvalue weighted by atomic mass is 9.92. The van der Waals surface area contributed by atoms with Crippen molar-refractivity contribution >= 4 is 18.2 Å². The molecule has 90 valence electrons. The van der Waals surface area contributed by atoms with Crippen LogP contribution in [0.2, 0.25) is 0 Å². The van der Waals surface area contributed by atoms with Crippen molar-refractivity contribution < 1.29 is 0 Å². The van der Waals surface area contributed by atoms with Gasteiger partial charge in [0.2, 0.25) is 0 Å². The maximum absolute atomic E-state index is 5.85. The molecule has 3 N–H and O–H groups in total. The van der Waals surface area contributed by atoms with E-state index in [1.165, 1.54) is 0 Å². The van der Waals surface area contributed by atoms with Crippen LogP contribution in [0.25, 0.3) is 0 Å². The number of aromatic nitrogens is 2. The summed E-state index contributed by atoms with van der Waals surface area (Å²) in [5.41, 5.74) is 6.80. The van der Waals surface area contributed by atoms with E-state index in [0.717, 1.165) is 37.2 Å². The topological polar surface area (TPSA) is 63.8 Å². The van der Waals surface area contributed by atoms with Crippen molar-refractivity contribution in [2.75, 3.05) is 5.32 Å². The number of aryl methyl sites for hydroxylation is 1. The van der Waals surface area contributed by atoms with Crippen molar-refractivity contribution in [1.82, 2.24) is 10.2 Å². The Labute approximate surface area is 102 Å². The van der Waals surface area contributed by atoms with Gasteiger partial charge >= 0.3 is 0 Å². The molecule has 0 atom stereocenters. The van der Waals surface area contributed by atoms with Crippen molar-refractivity contribution in [3.63, 3.8) is 0 Å². The molecule has 1 saturated carbocycles. The summed E-state index contributed by atoms with van der Waals surface area (Å²) in [6.07, 6.45) is 4.49. The first-order valence-corrected chi connectivity index (χ1v) is 5.56. The normalized spacial score (nSPS) is 24.6. The first-order chi connectivity index (χ1) is 7.24. The third-order valence-electron chi connectivity index (χ3n) is 2.92. The van der Waals surface area contributed by atoms with Gasteiger partial charge in [0.25, 0.3) is 0 Å². The van der Waals surface area contributed by atoms with E-state index in [1.54, 1.807) is 0 Å². The highest BCUT2D eigenvalue weighted by Crippen LogP contribution is 2.19. The number of nitrogens with one attached hydrogen (secondary N) is 1. The van der Waals surface area contributed by atoms with Gasteiger partial charge in [-0.3, -0.25) is 0 Å². The first-order valence-electron chi connectivity index (χ1n) is 5.56. The van der Waals surface area contributed by atoms with Crippen molar-refractivity contribution in [2.45, 2.75) is 44.7 Å². The van der Waals surface area contributed by atoms with Gasteiger partial charge in [-0.1, -0.05) is 0 Å². The fourth-order valence-electron chi connectivity index (χ4n) is 1.95. The van der Waals surface area contributed by atoms with Crippen LogP contribution in [0, 0.1) is 6.92 Å². The van der Waals surface area contributed by atoms with E-state index in [2.05, 4.69) is 15.5 Å². The number of nitrogens with two attached hydrogens (primary N) is 1. The molecule has 16 heavy (non-hydrogen) atoms. The van der Waals surface area contributed by atoms with Gasteiger partial charge in [0.15, 0.2) is 0 Å². The molecule has 1 aromatic rings. The van der Waals surface area contributed by atoms with Crippen LogP contribution in [-0.4, -0.2) is 22.3 Å². The second kappa shape index (κ2) is 6.01. The number of halogens is 1. The van der Waals surface area contributed by atoms with Crippen LogP contribution in [0.5, 0.6) is 0 Å². The van der Waals surface area contributed by atoms with Gasteiger partial charge in [-0.25, -0.2) is 0 Å². The molecule has 1 aliphatic carbocycles. The Morgan fingerprint density at radius 3 is 2.44 bits per heavy atom. The minimum absolute atomic E-state index is 0. The van der Waals surface area contributed by atoms with Crippen LogP contribution in [0.15, 0.2) is 12.1 Å². The second-order valence-electron chi connectivity index (χ2n) is 4.32. The summed E-state index contributed by atoms with van der Waals surface area (Å²) in [5.74, 6) is 0.876. The molecule has 5 heteroatoms. The van der Waals surface area contributed by atoms with Crippen LogP contribution < -0.4 is 11.1 Å². The predicted octanol–water partition coefficient (Wildman–Crippen LogP) is 1.89. The van der Waals surface area contributed by atoms with Crippen molar-refractivity contribution in [1.29, 1.82) is 0 Å². The fourth-order valence-corrected chi connectivity index (χ4v) is 1.95. The van der Waals surface area contributed by atoms with Crippen molar-refractivity contribution in [2.24, 2.45) is 5.73 Å². The molecule has 1 aliphatic rings. The van der Waals surface area contributed by atoms with Gasteiger partial charge in [0.1, 0.15) is 5.82 Å². The fraction of sp³-hybridized carbons (Fsp3) is 0.636. The van der Waals surface area contributed by atoms with E-state index < -0.39 is 0 Å². The largest absolute Gasteiger partial charge is 0.366 e. The molecule has 1 heterocycles. The Kier molecular flexibility index (Phi) is 4.96. The van der Waals surface area contributed by atoms with E-state index >= 15 is 0 Å². The summed E-state index contributed by atoms with van der Waals surface area (Å²) in [7, 11) is 0. The minimum Gasteiger partial charge on any atom is -0.366 e. The predicted molar refractivity (Wildman–Crippen MR) is 67.9 cm³/mol. The molecule has 0 bridgehead atoms. The molecular weight excluding hydrogens is 224 g/mol. The third-order valence-corrected chi connectivity index (χ3v) is 2.92. The molecule has 0 radical (unpaired) electrons. The van der Waals surface area contributed by atoms with Gasteiger partial charge in [-0.15, -0.1) is 17.5 Å².